The first-order valence-electron chi connectivity index (χ1n) is 6.19. The predicted octanol–water partition coefficient (Wildman–Crippen LogP) is 1.94. The molecular weight excluding hydrogens is 212 g/mol. The normalized spacial score (nSPS) is 16.3. The lowest BCUT2D eigenvalue weighted by Gasteiger charge is -2.19. The van der Waals surface area contributed by atoms with Gasteiger partial charge in [0.15, 0.2) is 0 Å². The number of fused-ring (bicyclic) bond motifs is 1. The fourth-order valence-electron chi connectivity index (χ4n) is 2.12. The fourth-order valence-corrected chi connectivity index (χ4v) is 2.12. The molecule has 3 heteroatoms. The largest absolute Gasteiger partial charge is 0.345 e. The number of rotatable bonds is 1. The number of aromatic nitrogens is 1. The van der Waals surface area contributed by atoms with Gasteiger partial charge >= 0.3 is 0 Å². The first-order chi connectivity index (χ1) is 8.00. The average Bonchev–Trinajstić information content (AvgIpc) is 2.48. The summed E-state index contributed by atoms with van der Waals surface area (Å²) in [6.45, 7) is 8.13. The maximum Gasteiger partial charge on any atom is 0.209 e. The van der Waals surface area contributed by atoms with Crippen LogP contribution in [0, 0.1) is 0 Å². The summed E-state index contributed by atoms with van der Waals surface area (Å²) in [5, 5.41) is 0. The molecule has 1 aromatic rings. The van der Waals surface area contributed by atoms with Crippen LogP contribution in [-0.2, 0) is 23.1 Å². The predicted molar refractivity (Wildman–Crippen MR) is 68.0 cm³/mol. The Balaban J connectivity index is 2.29. The Labute approximate surface area is 103 Å². The molecule has 0 saturated heterocycles. The van der Waals surface area contributed by atoms with Crippen LogP contribution < -0.4 is 0 Å². The van der Waals surface area contributed by atoms with E-state index in [4.69, 9.17) is 4.98 Å². The molecule has 92 valence electrons. The zero-order chi connectivity index (χ0) is 12.5. The Morgan fingerprint density at radius 3 is 2.59 bits per heavy atom. The van der Waals surface area contributed by atoms with Gasteiger partial charge in [-0.25, -0.2) is 0 Å². The topological polar surface area (TPSA) is 33.2 Å². The van der Waals surface area contributed by atoms with Crippen LogP contribution in [0.25, 0.3) is 0 Å². The van der Waals surface area contributed by atoms with Crippen molar-refractivity contribution in [1.82, 2.24) is 9.88 Å². The van der Waals surface area contributed by atoms with Gasteiger partial charge in [0.2, 0.25) is 6.41 Å². The van der Waals surface area contributed by atoms with Crippen molar-refractivity contribution < 1.29 is 4.79 Å². The molecule has 0 fully saturated rings. The summed E-state index contributed by atoms with van der Waals surface area (Å²) in [7, 11) is 0. The maximum absolute atomic E-state index is 10.8. The molecular formula is C14H20N2O. The minimum absolute atomic E-state index is 0.0890. The van der Waals surface area contributed by atoms with Crippen LogP contribution in [0.5, 0.6) is 0 Å². The highest BCUT2D eigenvalue weighted by Gasteiger charge is 2.19. The molecule has 0 aliphatic carbocycles. The highest BCUT2D eigenvalue weighted by atomic mass is 16.1. The van der Waals surface area contributed by atoms with Crippen molar-refractivity contribution in [1.29, 1.82) is 0 Å². The lowest BCUT2D eigenvalue weighted by Crippen LogP contribution is -2.24. The first kappa shape index (κ1) is 12.1. The lowest BCUT2D eigenvalue weighted by molar-refractivity contribution is -0.118. The summed E-state index contributed by atoms with van der Waals surface area (Å²) in [5.41, 5.74) is 3.69. The van der Waals surface area contributed by atoms with E-state index in [1.807, 2.05) is 4.90 Å². The lowest BCUT2D eigenvalue weighted by atomic mass is 9.90. The molecule has 0 spiro atoms. The number of amides is 1. The van der Waals surface area contributed by atoms with E-state index in [1.54, 1.807) is 0 Å². The summed E-state index contributed by atoms with van der Waals surface area (Å²) < 4.78 is 0. The van der Waals surface area contributed by atoms with Gasteiger partial charge in [0, 0.05) is 36.3 Å². The molecule has 0 aromatic carbocycles. The summed E-state index contributed by atoms with van der Waals surface area (Å²) in [6, 6.07) is 4.30. The zero-order valence-corrected chi connectivity index (χ0v) is 10.9. The van der Waals surface area contributed by atoms with Crippen LogP contribution in [-0.4, -0.2) is 29.4 Å². The Bertz CT molecular complexity index is 421. The van der Waals surface area contributed by atoms with Gasteiger partial charge in [-0.15, -0.1) is 0 Å². The molecule has 1 aromatic heterocycles. The van der Waals surface area contributed by atoms with E-state index in [9.17, 15) is 4.79 Å². The van der Waals surface area contributed by atoms with Gasteiger partial charge in [-0.2, -0.15) is 0 Å². The standard InChI is InChI=1S/C14H20N2O/c1-14(2,3)13-5-4-11-6-8-16(10-17)9-7-12(11)15-13/h4-5,10H,6-9H2,1-3H3. The van der Waals surface area contributed by atoms with E-state index in [2.05, 4.69) is 32.9 Å². The minimum atomic E-state index is 0.0890. The van der Waals surface area contributed by atoms with Crippen molar-refractivity contribution in [2.45, 2.75) is 39.0 Å². The molecule has 1 aliphatic heterocycles. The van der Waals surface area contributed by atoms with Crippen molar-refractivity contribution in [3.05, 3.63) is 29.1 Å². The third-order valence-electron chi connectivity index (χ3n) is 3.29. The molecule has 2 rings (SSSR count). The number of pyridine rings is 1. The van der Waals surface area contributed by atoms with Crippen LogP contribution in [0.3, 0.4) is 0 Å². The summed E-state index contributed by atoms with van der Waals surface area (Å²) in [5.74, 6) is 0. The molecule has 0 radical (unpaired) electrons. The Hall–Kier alpha value is -1.38. The third-order valence-corrected chi connectivity index (χ3v) is 3.29. The van der Waals surface area contributed by atoms with Crippen molar-refractivity contribution in [2.24, 2.45) is 0 Å². The van der Waals surface area contributed by atoms with Gasteiger partial charge in [-0.05, 0) is 18.1 Å². The van der Waals surface area contributed by atoms with Gasteiger partial charge in [0.25, 0.3) is 0 Å². The van der Waals surface area contributed by atoms with Crippen molar-refractivity contribution >= 4 is 6.41 Å². The van der Waals surface area contributed by atoms with E-state index in [1.165, 1.54) is 11.3 Å². The second-order valence-electron chi connectivity index (χ2n) is 5.69. The van der Waals surface area contributed by atoms with Crippen LogP contribution in [0.15, 0.2) is 12.1 Å². The highest BCUT2D eigenvalue weighted by molar-refractivity contribution is 5.47. The molecule has 17 heavy (non-hydrogen) atoms. The van der Waals surface area contributed by atoms with E-state index < -0.39 is 0 Å². The molecule has 1 aliphatic rings. The molecule has 0 bridgehead atoms. The molecule has 0 unspecified atom stereocenters. The van der Waals surface area contributed by atoms with E-state index in [0.29, 0.717) is 0 Å². The quantitative estimate of drug-likeness (QED) is 0.693. The second-order valence-corrected chi connectivity index (χ2v) is 5.69. The molecule has 1 amide bonds. The fraction of sp³-hybridized carbons (Fsp3) is 0.571. The van der Waals surface area contributed by atoms with Gasteiger partial charge in [-0.3, -0.25) is 9.78 Å². The van der Waals surface area contributed by atoms with Crippen LogP contribution >= 0.6 is 0 Å². The molecule has 0 saturated carbocycles. The Kier molecular flexibility index (Phi) is 3.18. The minimum Gasteiger partial charge on any atom is -0.345 e. The SMILES string of the molecule is CC(C)(C)c1ccc2c(n1)CCN(C=O)CC2. The number of carbonyl (C=O) groups is 1. The maximum atomic E-state index is 10.8. The summed E-state index contributed by atoms with van der Waals surface area (Å²) in [6.07, 6.45) is 2.74. The van der Waals surface area contributed by atoms with Gasteiger partial charge in [-0.1, -0.05) is 26.8 Å². The van der Waals surface area contributed by atoms with Crippen LogP contribution in [0.4, 0.5) is 0 Å². The van der Waals surface area contributed by atoms with Crippen molar-refractivity contribution in [3.63, 3.8) is 0 Å². The molecule has 0 N–H and O–H groups in total. The van der Waals surface area contributed by atoms with Gasteiger partial charge in [0.05, 0.1) is 0 Å². The summed E-state index contributed by atoms with van der Waals surface area (Å²) >= 11 is 0. The second kappa shape index (κ2) is 4.47. The Morgan fingerprint density at radius 2 is 1.94 bits per heavy atom. The van der Waals surface area contributed by atoms with E-state index in [0.717, 1.165) is 38.0 Å². The van der Waals surface area contributed by atoms with Crippen molar-refractivity contribution in [3.8, 4) is 0 Å². The monoisotopic (exact) mass is 232 g/mol. The van der Waals surface area contributed by atoms with E-state index >= 15 is 0 Å². The number of nitrogens with zero attached hydrogens (tertiary/aromatic N) is 2. The van der Waals surface area contributed by atoms with Crippen LogP contribution in [0.1, 0.15) is 37.7 Å². The zero-order valence-electron chi connectivity index (χ0n) is 10.9. The number of hydrogen-bond acceptors (Lipinski definition) is 2. The Morgan fingerprint density at radius 1 is 1.24 bits per heavy atom. The summed E-state index contributed by atoms with van der Waals surface area (Å²) in [4.78, 5) is 17.4. The first-order valence-corrected chi connectivity index (χ1v) is 6.19. The van der Waals surface area contributed by atoms with Gasteiger partial charge < -0.3 is 4.90 Å². The van der Waals surface area contributed by atoms with Gasteiger partial charge in [0.1, 0.15) is 0 Å². The molecule has 3 nitrogen and oxygen atoms in total. The number of hydrogen-bond donors (Lipinski definition) is 0. The molecule has 2 heterocycles. The number of carbonyl (C=O) groups excluding carboxylic acids is 1. The highest BCUT2D eigenvalue weighted by Crippen LogP contribution is 2.23. The van der Waals surface area contributed by atoms with Crippen molar-refractivity contribution in [2.75, 3.05) is 13.1 Å². The van der Waals surface area contributed by atoms with Crippen LogP contribution in [0.2, 0.25) is 0 Å². The van der Waals surface area contributed by atoms with E-state index in [-0.39, 0.29) is 5.41 Å². The third kappa shape index (κ3) is 2.65. The average molecular weight is 232 g/mol. The smallest absolute Gasteiger partial charge is 0.209 e. The molecule has 0 atom stereocenters.